The molecule has 2 N–H and O–H groups in total. The molecule has 0 fully saturated rings. The largest absolute Gasteiger partial charge is 0.489 e. The molecule has 0 aliphatic carbocycles. The molecule has 2 heterocycles. The Labute approximate surface area is 247 Å². The van der Waals surface area contributed by atoms with Crippen LogP contribution in [0.15, 0.2) is 119 Å². The first-order valence-corrected chi connectivity index (χ1v) is 14.0. The number of nitrogens with zero attached hydrogens (tertiary/aromatic N) is 2. The number of rotatable bonds is 8. The average molecular weight is 577 g/mol. The van der Waals surface area contributed by atoms with Gasteiger partial charge in [0.1, 0.15) is 12.4 Å². The first kappa shape index (κ1) is 27.2. The smallest absolute Gasteiger partial charge is 0.275 e. The van der Waals surface area contributed by atoms with Crippen LogP contribution >= 0.6 is 11.6 Å². The molecule has 0 saturated heterocycles. The second kappa shape index (κ2) is 11.5. The molecule has 0 atom stereocenters. The summed E-state index contributed by atoms with van der Waals surface area (Å²) in [5.41, 5.74) is 5.04. The van der Waals surface area contributed by atoms with Gasteiger partial charge in [-0.25, -0.2) is 9.36 Å². The van der Waals surface area contributed by atoms with E-state index in [0.29, 0.717) is 51.3 Å². The molecule has 0 aliphatic heterocycles. The van der Waals surface area contributed by atoms with Crippen LogP contribution in [0.25, 0.3) is 11.4 Å². The van der Waals surface area contributed by atoms with E-state index < -0.39 is 5.92 Å². The van der Waals surface area contributed by atoms with Crippen LogP contribution < -0.4 is 15.9 Å². The number of benzene rings is 4. The highest BCUT2D eigenvalue weighted by molar-refractivity contribution is 6.31. The zero-order chi connectivity index (χ0) is 29.2. The Morgan fingerprint density at radius 3 is 1.64 bits per heavy atom. The monoisotopic (exact) mass is 576 g/mol. The van der Waals surface area contributed by atoms with Crippen LogP contribution in [0, 0.1) is 13.8 Å². The van der Waals surface area contributed by atoms with Crippen molar-refractivity contribution in [2.24, 2.45) is 0 Å². The second-order valence-electron chi connectivity index (χ2n) is 10.1. The first-order chi connectivity index (χ1) is 20.4. The Morgan fingerprint density at radius 2 is 1.14 bits per heavy atom. The van der Waals surface area contributed by atoms with Gasteiger partial charge in [-0.2, -0.15) is 0 Å². The van der Waals surface area contributed by atoms with Crippen LogP contribution in [0.5, 0.6) is 5.75 Å². The summed E-state index contributed by atoms with van der Waals surface area (Å²) >= 11 is 6.30. The predicted molar refractivity (Wildman–Crippen MR) is 165 cm³/mol. The van der Waals surface area contributed by atoms with Crippen LogP contribution in [0.4, 0.5) is 0 Å². The lowest BCUT2D eigenvalue weighted by Gasteiger charge is -2.17. The van der Waals surface area contributed by atoms with Gasteiger partial charge in [-0.15, -0.1) is 0 Å². The van der Waals surface area contributed by atoms with Crippen molar-refractivity contribution in [3.8, 4) is 17.1 Å². The summed E-state index contributed by atoms with van der Waals surface area (Å²) in [7, 11) is 0. The summed E-state index contributed by atoms with van der Waals surface area (Å²) < 4.78 is 9.06. The van der Waals surface area contributed by atoms with Gasteiger partial charge in [-0.1, -0.05) is 78.3 Å². The third-order valence-electron chi connectivity index (χ3n) is 7.41. The Morgan fingerprint density at radius 1 is 0.667 bits per heavy atom. The molecule has 0 amide bonds. The molecular formula is C34H29ClN4O3. The SMILES string of the molecule is Cc1[nH]n(-c2ccccc2)c(=O)c1C(c1ccc(OCc2ccccc2Cl)cc1)c1c(C)[nH]n(-c2ccccc2)c1=O. The van der Waals surface area contributed by atoms with Crippen molar-refractivity contribution >= 4 is 11.6 Å². The van der Waals surface area contributed by atoms with E-state index in [4.69, 9.17) is 16.3 Å². The van der Waals surface area contributed by atoms with Crippen molar-refractivity contribution in [1.82, 2.24) is 19.6 Å². The van der Waals surface area contributed by atoms with Crippen LogP contribution in [-0.2, 0) is 6.61 Å². The van der Waals surface area contributed by atoms with Crippen LogP contribution in [0.2, 0.25) is 5.02 Å². The van der Waals surface area contributed by atoms with E-state index in [1.165, 1.54) is 9.36 Å². The number of nitrogens with one attached hydrogen (secondary N) is 2. The molecule has 4 aromatic carbocycles. The molecule has 6 rings (SSSR count). The summed E-state index contributed by atoms with van der Waals surface area (Å²) in [5.74, 6) is 0.0161. The third-order valence-corrected chi connectivity index (χ3v) is 7.77. The van der Waals surface area contributed by atoms with Crippen molar-refractivity contribution < 1.29 is 4.74 Å². The van der Waals surface area contributed by atoms with Gasteiger partial charge in [-0.05, 0) is 61.9 Å². The quantitative estimate of drug-likeness (QED) is 0.212. The molecule has 0 bridgehead atoms. The minimum atomic E-state index is -0.634. The lowest BCUT2D eigenvalue weighted by Crippen LogP contribution is -2.25. The normalized spacial score (nSPS) is 11.2. The Kier molecular flexibility index (Phi) is 7.42. The van der Waals surface area contributed by atoms with Crippen molar-refractivity contribution in [2.45, 2.75) is 26.4 Å². The van der Waals surface area contributed by atoms with Crippen LogP contribution in [0.3, 0.4) is 0 Å². The fraction of sp³-hybridized carbons (Fsp3) is 0.118. The summed E-state index contributed by atoms with van der Waals surface area (Å²) in [4.78, 5) is 28.0. The molecule has 8 heteroatoms. The van der Waals surface area contributed by atoms with Crippen molar-refractivity contribution in [2.75, 3.05) is 0 Å². The number of hydrogen-bond acceptors (Lipinski definition) is 3. The molecule has 0 saturated carbocycles. The van der Waals surface area contributed by atoms with E-state index in [1.807, 2.05) is 123 Å². The molecule has 0 aliphatic rings. The molecule has 7 nitrogen and oxygen atoms in total. The Hall–Kier alpha value is -5.01. The molecule has 0 radical (unpaired) electrons. The molecule has 42 heavy (non-hydrogen) atoms. The highest BCUT2D eigenvalue weighted by atomic mass is 35.5. The van der Waals surface area contributed by atoms with E-state index >= 15 is 0 Å². The standard InChI is InChI=1S/C34H29ClN4O3/c1-22-30(33(40)38(36-22)26-12-5-3-6-13-26)32(31-23(2)37-39(34(31)41)27-14-7-4-8-15-27)24-17-19-28(20-18-24)42-21-25-11-9-10-16-29(25)35/h3-20,32,36-37H,21H2,1-2H3. The van der Waals surface area contributed by atoms with Gasteiger partial charge < -0.3 is 4.74 Å². The summed E-state index contributed by atoms with van der Waals surface area (Å²) in [6.07, 6.45) is 0. The van der Waals surface area contributed by atoms with E-state index in [2.05, 4.69) is 10.2 Å². The predicted octanol–water partition coefficient (Wildman–Crippen LogP) is 6.67. The molecule has 2 aromatic heterocycles. The Bertz CT molecular complexity index is 1850. The third kappa shape index (κ3) is 5.10. The molecule has 0 spiro atoms. The maximum absolute atomic E-state index is 14.0. The zero-order valence-corrected chi connectivity index (χ0v) is 23.9. The number of H-pyrrole nitrogens is 2. The van der Waals surface area contributed by atoms with Gasteiger partial charge in [0.25, 0.3) is 11.1 Å². The number of aromatic amines is 2. The summed E-state index contributed by atoms with van der Waals surface area (Å²) in [5, 5.41) is 7.10. The van der Waals surface area contributed by atoms with Crippen molar-refractivity contribution in [3.05, 3.63) is 169 Å². The lowest BCUT2D eigenvalue weighted by atomic mass is 9.85. The minimum Gasteiger partial charge on any atom is -0.489 e. The maximum atomic E-state index is 14.0. The number of hydrogen-bond donors (Lipinski definition) is 2. The fourth-order valence-corrected chi connectivity index (χ4v) is 5.52. The first-order valence-electron chi connectivity index (χ1n) is 13.6. The van der Waals surface area contributed by atoms with Gasteiger partial charge >= 0.3 is 0 Å². The fourth-order valence-electron chi connectivity index (χ4n) is 5.33. The zero-order valence-electron chi connectivity index (χ0n) is 23.2. The highest BCUT2D eigenvalue weighted by Gasteiger charge is 2.31. The average Bonchev–Trinajstić information content (AvgIpc) is 3.48. The molecule has 0 unspecified atom stereocenters. The van der Waals surface area contributed by atoms with Gasteiger partial charge in [0.15, 0.2) is 0 Å². The van der Waals surface area contributed by atoms with Gasteiger partial charge in [0, 0.05) is 27.9 Å². The van der Waals surface area contributed by atoms with Gasteiger partial charge in [0.05, 0.1) is 22.5 Å². The summed E-state index contributed by atoms with van der Waals surface area (Å²) in [6, 6.07) is 33.9. The number of aromatic nitrogens is 4. The Balaban J connectivity index is 1.46. The summed E-state index contributed by atoms with van der Waals surface area (Å²) in [6.45, 7) is 4.05. The molecular weight excluding hydrogens is 548 g/mol. The second-order valence-corrected chi connectivity index (χ2v) is 10.5. The van der Waals surface area contributed by atoms with E-state index in [0.717, 1.165) is 11.1 Å². The van der Waals surface area contributed by atoms with Crippen molar-refractivity contribution in [1.29, 1.82) is 0 Å². The topological polar surface area (TPSA) is 84.8 Å². The van der Waals surface area contributed by atoms with Crippen LogP contribution in [-0.4, -0.2) is 19.6 Å². The number of halogens is 1. The lowest BCUT2D eigenvalue weighted by molar-refractivity contribution is 0.306. The van der Waals surface area contributed by atoms with E-state index in [-0.39, 0.29) is 11.1 Å². The number of para-hydroxylation sites is 2. The van der Waals surface area contributed by atoms with Crippen molar-refractivity contribution in [3.63, 3.8) is 0 Å². The molecule has 6 aromatic rings. The number of ether oxygens (including phenoxy) is 1. The maximum Gasteiger partial charge on any atom is 0.275 e. The van der Waals surface area contributed by atoms with Gasteiger partial charge in [-0.3, -0.25) is 19.8 Å². The minimum absolute atomic E-state index is 0.214. The molecule has 210 valence electrons. The van der Waals surface area contributed by atoms with Crippen LogP contribution in [0.1, 0.15) is 39.6 Å². The van der Waals surface area contributed by atoms with E-state index in [9.17, 15) is 9.59 Å². The number of aryl methyl sites for hydroxylation is 2. The van der Waals surface area contributed by atoms with Gasteiger partial charge in [0.2, 0.25) is 0 Å². The van der Waals surface area contributed by atoms with E-state index in [1.54, 1.807) is 0 Å². The highest BCUT2D eigenvalue weighted by Crippen LogP contribution is 2.33.